The van der Waals surface area contributed by atoms with Gasteiger partial charge in [-0.15, -0.1) is 0 Å². The fourth-order valence-electron chi connectivity index (χ4n) is 3.25. The zero-order valence-corrected chi connectivity index (χ0v) is 15.0. The summed E-state index contributed by atoms with van der Waals surface area (Å²) in [6.45, 7) is 5.15. The second-order valence-electron chi connectivity index (χ2n) is 6.58. The maximum atomic E-state index is 12.1. The third-order valence-corrected chi connectivity index (χ3v) is 4.72. The second kappa shape index (κ2) is 6.79. The lowest BCUT2D eigenvalue weighted by atomic mass is 10.1. The number of H-pyrrole nitrogens is 1. The van der Waals surface area contributed by atoms with E-state index in [9.17, 15) is 14.2 Å². The van der Waals surface area contributed by atoms with Crippen LogP contribution in [-0.2, 0) is 23.3 Å². The highest BCUT2D eigenvalue weighted by Gasteiger charge is 2.56. The summed E-state index contributed by atoms with van der Waals surface area (Å²) in [6, 6.07) is 1.22. The summed E-state index contributed by atoms with van der Waals surface area (Å²) in [5, 5.41) is 0. The molecule has 3 rings (SSSR count). The molecule has 0 radical (unpaired) electrons. The van der Waals surface area contributed by atoms with Gasteiger partial charge in [-0.2, -0.15) is 0 Å². The third kappa shape index (κ3) is 3.94. The van der Waals surface area contributed by atoms with Gasteiger partial charge in [0.05, 0.1) is 12.2 Å². The average molecular weight is 376 g/mol. The molecule has 0 aromatic carbocycles. The Morgan fingerprint density at radius 3 is 2.72 bits per heavy atom. The first-order chi connectivity index (χ1) is 11.7. The van der Waals surface area contributed by atoms with Crippen molar-refractivity contribution in [3.63, 3.8) is 0 Å². The maximum absolute atomic E-state index is 12.1. The van der Waals surface area contributed by atoms with E-state index in [0.29, 0.717) is 0 Å². The molecule has 1 aromatic heterocycles. The molecule has 2 aliphatic rings. The lowest BCUT2D eigenvalue weighted by Crippen LogP contribution is -2.37. The Labute approximate surface area is 143 Å². The van der Waals surface area contributed by atoms with Crippen LogP contribution in [0.4, 0.5) is 0 Å². The molecule has 140 valence electrons. The van der Waals surface area contributed by atoms with E-state index in [-0.39, 0.29) is 6.42 Å². The van der Waals surface area contributed by atoms with Crippen molar-refractivity contribution in [2.24, 2.45) is 0 Å². The number of hydrogen-bond donors (Lipinski definition) is 2. The Morgan fingerprint density at radius 1 is 1.40 bits per heavy atom. The molecule has 2 aliphatic heterocycles. The number of ether oxygens (including phenoxy) is 3. The molecule has 2 N–H and O–H groups in total. The Balaban J connectivity index is 1.86. The van der Waals surface area contributed by atoms with Crippen LogP contribution >= 0.6 is 8.25 Å². The predicted octanol–water partition coefficient (Wildman–Crippen LogP) is 0.131. The van der Waals surface area contributed by atoms with Gasteiger partial charge in [-0.1, -0.05) is 0 Å². The zero-order chi connectivity index (χ0) is 18.4. The fraction of sp³-hybridized carbons (Fsp3) is 0.714. The Hall–Kier alpha value is -1.29. The van der Waals surface area contributed by atoms with Crippen molar-refractivity contribution in [3.05, 3.63) is 33.1 Å². The van der Waals surface area contributed by atoms with Crippen molar-refractivity contribution >= 4 is 8.25 Å². The topological polar surface area (TPSA) is 129 Å². The van der Waals surface area contributed by atoms with E-state index >= 15 is 0 Å². The van der Waals surface area contributed by atoms with Gasteiger partial charge in [0.25, 0.3) is 5.56 Å². The molecular formula is C14H21N2O8P. The molecule has 11 heteroatoms. The van der Waals surface area contributed by atoms with E-state index in [1.165, 1.54) is 16.8 Å². The van der Waals surface area contributed by atoms with Crippen molar-refractivity contribution in [2.75, 3.05) is 0 Å². The minimum Gasteiger partial charge on any atom is -0.349 e. The molecule has 2 fully saturated rings. The molecule has 2 saturated heterocycles. The molecule has 25 heavy (non-hydrogen) atoms. The molecular weight excluding hydrogens is 355 g/mol. The van der Waals surface area contributed by atoms with Crippen LogP contribution in [0.1, 0.15) is 33.4 Å². The van der Waals surface area contributed by atoms with Gasteiger partial charge < -0.3 is 23.6 Å². The van der Waals surface area contributed by atoms with Crippen LogP contribution in [0.2, 0.25) is 0 Å². The highest BCUT2D eigenvalue weighted by molar-refractivity contribution is 7.32. The van der Waals surface area contributed by atoms with Crippen LogP contribution in [0.5, 0.6) is 0 Å². The summed E-state index contributed by atoms with van der Waals surface area (Å²) in [4.78, 5) is 34.4. The number of hydrogen-bond acceptors (Lipinski definition) is 7. The van der Waals surface area contributed by atoms with Crippen LogP contribution < -0.4 is 11.2 Å². The van der Waals surface area contributed by atoms with Gasteiger partial charge >= 0.3 is 13.9 Å². The number of nitrogens with zero attached hydrogens (tertiary/aromatic N) is 1. The highest BCUT2D eigenvalue weighted by atomic mass is 31.1. The molecule has 0 amide bonds. The van der Waals surface area contributed by atoms with Gasteiger partial charge in [0.1, 0.15) is 12.2 Å². The van der Waals surface area contributed by atoms with Gasteiger partial charge in [-0.3, -0.25) is 18.9 Å². The number of aromatic nitrogens is 2. The van der Waals surface area contributed by atoms with Crippen molar-refractivity contribution in [3.8, 4) is 0 Å². The van der Waals surface area contributed by atoms with Crippen LogP contribution in [0.3, 0.4) is 0 Å². The first kappa shape index (κ1) is 18.5. The van der Waals surface area contributed by atoms with Gasteiger partial charge in [0.15, 0.2) is 12.0 Å². The summed E-state index contributed by atoms with van der Waals surface area (Å²) in [6.07, 6.45) is -1.27. The lowest BCUT2D eigenvalue weighted by molar-refractivity contribution is -0.199. The van der Waals surface area contributed by atoms with E-state index in [1.54, 1.807) is 20.8 Å². The van der Waals surface area contributed by atoms with Crippen molar-refractivity contribution in [1.82, 2.24) is 9.55 Å². The third-order valence-electron chi connectivity index (χ3n) is 4.12. The average Bonchev–Trinajstić information content (AvgIpc) is 2.93. The largest absolute Gasteiger partial charge is 0.349 e. The highest BCUT2D eigenvalue weighted by Crippen LogP contribution is 2.44. The number of rotatable bonds is 5. The number of fused-ring (bicyclic) bond motifs is 1. The van der Waals surface area contributed by atoms with Crippen molar-refractivity contribution in [1.29, 1.82) is 0 Å². The Bertz CT molecular complexity index is 775. The summed E-state index contributed by atoms with van der Waals surface area (Å²) >= 11 is 0. The van der Waals surface area contributed by atoms with E-state index in [2.05, 4.69) is 4.98 Å². The van der Waals surface area contributed by atoms with E-state index in [0.717, 1.165) is 0 Å². The molecule has 6 atom stereocenters. The Morgan fingerprint density at radius 2 is 2.08 bits per heavy atom. The lowest BCUT2D eigenvalue weighted by Gasteiger charge is -2.25. The Kier molecular flexibility index (Phi) is 5.02. The first-order valence-electron chi connectivity index (χ1n) is 7.88. The fourth-order valence-corrected chi connectivity index (χ4v) is 3.69. The number of aromatic amines is 1. The van der Waals surface area contributed by atoms with Crippen molar-refractivity contribution in [2.45, 2.75) is 63.6 Å². The molecule has 0 bridgehead atoms. The number of nitrogens with one attached hydrogen (secondary N) is 1. The van der Waals surface area contributed by atoms with Gasteiger partial charge in [0, 0.05) is 18.7 Å². The molecule has 3 heterocycles. The van der Waals surface area contributed by atoms with Crippen LogP contribution in [0, 0.1) is 0 Å². The standard InChI is InChI=1S/C14H21N2O8P/c1-7(24-25(19)20)6-8-10-11(23-14(2,3)22-10)12(21-8)16-5-4-9(17)15-13(16)18/h4-5,7-8,10-12,25H,6H2,1-3H3,(H,19,20)(H,15,17,18)/t7?,8-,10-,11-,12?/m1/s1. The van der Waals surface area contributed by atoms with Gasteiger partial charge in [-0.05, 0) is 20.8 Å². The normalized spacial score (nSPS) is 33.1. The molecule has 0 spiro atoms. The van der Waals surface area contributed by atoms with Crippen molar-refractivity contribution < 1.29 is 28.2 Å². The maximum Gasteiger partial charge on any atom is 0.330 e. The van der Waals surface area contributed by atoms with Gasteiger partial charge in [0.2, 0.25) is 0 Å². The molecule has 0 aliphatic carbocycles. The zero-order valence-electron chi connectivity index (χ0n) is 14.0. The second-order valence-corrected chi connectivity index (χ2v) is 7.34. The minimum atomic E-state index is -3.07. The van der Waals surface area contributed by atoms with Gasteiger partial charge in [-0.25, -0.2) is 4.79 Å². The summed E-state index contributed by atoms with van der Waals surface area (Å²) in [7, 11) is -3.07. The smallest absolute Gasteiger partial charge is 0.330 e. The molecule has 10 nitrogen and oxygen atoms in total. The molecule has 1 aromatic rings. The minimum absolute atomic E-state index is 0.284. The van der Waals surface area contributed by atoms with Crippen LogP contribution in [0.25, 0.3) is 0 Å². The van der Waals surface area contributed by atoms with E-state index in [1.807, 2.05) is 0 Å². The predicted molar refractivity (Wildman–Crippen MR) is 85.4 cm³/mol. The van der Waals surface area contributed by atoms with E-state index in [4.69, 9.17) is 23.6 Å². The summed E-state index contributed by atoms with van der Waals surface area (Å²) < 4.78 is 34.7. The van der Waals surface area contributed by atoms with E-state index < -0.39 is 55.9 Å². The SMILES string of the molecule is CC(C[C@H]1OC(n2ccc(=O)[nH]c2=O)[C@@H]2OC(C)(C)O[C@H]12)O[PH](=O)O. The van der Waals surface area contributed by atoms with Crippen LogP contribution in [0.15, 0.2) is 21.9 Å². The van der Waals surface area contributed by atoms with Crippen LogP contribution in [-0.4, -0.2) is 44.6 Å². The quantitative estimate of drug-likeness (QED) is 0.694. The molecule has 3 unspecified atom stereocenters. The first-order valence-corrected chi connectivity index (χ1v) is 9.15. The molecule has 0 saturated carbocycles. The monoisotopic (exact) mass is 376 g/mol. The summed E-state index contributed by atoms with van der Waals surface area (Å²) in [5.41, 5.74) is -1.12. The summed E-state index contributed by atoms with van der Waals surface area (Å²) in [5.74, 6) is -0.865.